The minimum atomic E-state index is 0.162. The number of hydrogen-bond acceptors (Lipinski definition) is 4. The Hall–Kier alpha value is -2.06. The monoisotopic (exact) mass is 354 g/mol. The van der Waals surface area contributed by atoms with E-state index >= 15 is 0 Å². The molecule has 1 amide bonds. The molecule has 1 aromatic rings. The van der Waals surface area contributed by atoms with E-state index in [1.807, 2.05) is 24.3 Å². The Kier molecular flexibility index (Phi) is 6.51. The molecule has 2 atom stereocenters. The number of benzene rings is 1. The predicted octanol–water partition coefficient (Wildman–Crippen LogP) is 2.77. The van der Waals surface area contributed by atoms with Crippen LogP contribution in [0.3, 0.4) is 0 Å². The molecule has 2 fully saturated rings. The second kappa shape index (κ2) is 9.05. The Morgan fingerprint density at radius 3 is 2.77 bits per heavy atom. The van der Waals surface area contributed by atoms with Gasteiger partial charge in [0.25, 0.3) is 0 Å². The minimum Gasteiger partial charge on any atom is -0.369 e. The van der Waals surface area contributed by atoms with Crippen molar-refractivity contribution < 1.29 is 4.79 Å². The third-order valence-corrected chi connectivity index (χ3v) is 5.78. The van der Waals surface area contributed by atoms with E-state index < -0.39 is 0 Å². The van der Waals surface area contributed by atoms with E-state index in [1.54, 1.807) is 0 Å². The van der Waals surface area contributed by atoms with Crippen molar-refractivity contribution in [2.45, 2.75) is 45.1 Å². The van der Waals surface area contributed by atoms with E-state index in [0.29, 0.717) is 18.5 Å². The van der Waals surface area contributed by atoms with Crippen LogP contribution in [0.2, 0.25) is 0 Å². The van der Waals surface area contributed by atoms with Crippen molar-refractivity contribution in [1.82, 2.24) is 10.2 Å². The average molecular weight is 354 g/mol. The highest BCUT2D eigenvalue weighted by Gasteiger charge is 2.24. The summed E-state index contributed by atoms with van der Waals surface area (Å²) in [6.07, 6.45) is 5.87. The number of para-hydroxylation sites is 1. The van der Waals surface area contributed by atoms with Gasteiger partial charge in [0, 0.05) is 32.2 Å². The highest BCUT2D eigenvalue weighted by Crippen LogP contribution is 2.24. The molecule has 0 unspecified atom stereocenters. The van der Waals surface area contributed by atoms with E-state index in [0.717, 1.165) is 50.3 Å². The van der Waals surface area contributed by atoms with Gasteiger partial charge < -0.3 is 10.2 Å². The largest absolute Gasteiger partial charge is 0.369 e. The molecule has 1 saturated carbocycles. The molecule has 5 nitrogen and oxygen atoms in total. The lowest BCUT2D eigenvalue weighted by Gasteiger charge is -2.30. The molecule has 1 saturated heterocycles. The first-order valence-corrected chi connectivity index (χ1v) is 9.93. The second-order valence-electron chi connectivity index (χ2n) is 7.68. The first-order valence-electron chi connectivity index (χ1n) is 9.93. The molecule has 0 aromatic heterocycles. The van der Waals surface area contributed by atoms with Crippen LogP contribution in [0, 0.1) is 17.2 Å². The fraction of sp³-hybridized carbons (Fsp3) is 0.619. The molecule has 1 N–H and O–H groups in total. The first-order chi connectivity index (χ1) is 12.7. The van der Waals surface area contributed by atoms with E-state index in [4.69, 9.17) is 0 Å². The van der Waals surface area contributed by atoms with Gasteiger partial charge in [-0.1, -0.05) is 31.9 Å². The van der Waals surface area contributed by atoms with Crippen molar-refractivity contribution in [3.63, 3.8) is 0 Å². The van der Waals surface area contributed by atoms with Gasteiger partial charge in [-0.05, 0) is 37.3 Å². The van der Waals surface area contributed by atoms with Gasteiger partial charge in [0.1, 0.15) is 6.07 Å². The molecule has 1 aliphatic heterocycles. The molecule has 140 valence electrons. The van der Waals surface area contributed by atoms with Gasteiger partial charge in [-0.25, -0.2) is 0 Å². The molecule has 1 aromatic carbocycles. The van der Waals surface area contributed by atoms with Crippen LogP contribution in [0.5, 0.6) is 0 Å². The van der Waals surface area contributed by atoms with Crippen LogP contribution in [0.1, 0.15) is 44.6 Å². The highest BCUT2D eigenvalue weighted by atomic mass is 16.2. The Bertz CT molecular complexity index is 654. The Morgan fingerprint density at radius 1 is 1.15 bits per heavy atom. The Morgan fingerprint density at radius 2 is 1.96 bits per heavy atom. The van der Waals surface area contributed by atoms with Crippen molar-refractivity contribution in [2.75, 3.05) is 37.6 Å². The maximum Gasteiger partial charge on any atom is 0.234 e. The van der Waals surface area contributed by atoms with Crippen LogP contribution < -0.4 is 10.2 Å². The molecule has 5 heteroatoms. The number of nitrogens with zero attached hydrogens (tertiary/aromatic N) is 3. The lowest BCUT2D eigenvalue weighted by atomic mass is 9.86. The fourth-order valence-corrected chi connectivity index (χ4v) is 4.20. The van der Waals surface area contributed by atoms with Crippen LogP contribution in [-0.2, 0) is 4.79 Å². The van der Waals surface area contributed by atoms with Gasteiger partial charge >= 0.3 is 0 Å². The van der Waals surface area contributed by atoms with Crippen molar-refractivity contribution in [3.05, 3.63) is 29.8 Å². The Balaban J connectivity index is 1.52. The maximum atomic E-state index is 12.5. The molecule has 2 aliphatic rings. The molecular weight excluding hydrogens is 324 g/mol. The second-order valence-corrected chi connectivity index (χ2v) is 7.68. The third kappa shape index (κ3) is 4.76. The number of amides is 1. The summed E-state index contributed by atoms with van der Waals surface area (Å²) in [5.41, 5.74) is 1.74. The lowest BCUT2D eigenvalue weighted by Crippen LogP contribution is -2.46. The van der Waals surface area contributed by atoms with E-state index in [1.165, 1.54) is 19.3 Å². The highest BCUT2D eigenvalue weighted by molar-refractivity contribution is 5.78. The van der Waals surface area contributed by atoms with Gasteiger partial charge in [-0.3, -0.25) is 9.69 Å². The number of hydrogen-bond donors (Lipinski definition) is 1. The van der Waals surface area contributed by atoms with Gasteiger partial charge in [-0.2, -0.15) is 5.26 Å². The zero-order valence-electron chi connectivity index (χ0n) is 15.8. The van der Waals surface area contributed by atoms with Crippen molar-refractivity contribution in [3.8, 4) is 6.07 Å². The standard InChI is InChI=1S/C21H30N4O/c1-17-7-2-4-9-19(17)23-21(26)16-24-11-6-12-25(14-13-24)20-10-5-3-8-18(20)15-22/h3,5,8,10,17,19H,2,4,6-7,9,11-14,16H2,1H3,(H,23,26)/t17-,19+/m0/s1. The summed E-state index contributed by atoms with van der Waals surface area (Å²) in [4.78, 5) is 17.0. The molecule has 0 bridgehead atoms. The topological polar surface area (TPSA) is 59.4 Å². The summed E-state index contributed by atoms with van der Waals surface area (Å²) in [7, 11) is 0. The maximum absolute atomic E-state index is 12.5. The summed E-state index contributed by atoms with van der Waals surface area (Å²) in [5.74, 6) is 0.754. The lowest BCUT2D eigenvalue weighted by molar-refractivity contribution is -0.123. The molecule has 26 heavy (non-hydrogen) atoms. The zero-order valence-corrected chi connectivity index (χ0v) is 15.8. The van der Waals surface area contributed by atoms with Crippen LogP contribution in [0.15, 0.2) is 24.3 Å². The SMILES string of the molecule is C[C@H]1CCCC[C@H]1NC(=O)CN1CCCN(c2ccccc2C#N)CC1. The molecule has 3 rings (SSSR count). The first kappa shape index (κ1) is 18.7. The number of anilines is 1. The molecular formula is C21H30N4O. The number of carbonyl (C=O) groups excluding carboxylic acids is 1. The molecule has 1 heterocycles. The van der Waals surface area contributed by atoms with Crippen LogP contribution in [0.4, 0.5) is 5.69 Å². The minimum absolute atomic E-state index is 0.162. The van der Waals surface area contributed by atoms with Crippen LogP contribution in [-0.4, -0.2) is 49.6 Å². The van der Waals surface area contributed by atoms with Crippen LogP contribution in [0.25, 0.3) is 0 Å². The molecule has 0 radical (unpaired) electrons. The Labute approximate surface area is 157 Å². The third-order valence-electron chi connectivity index (χ3n) is 5.78. The fourth-order valence-electron chi connectivity index (χ4n) is 4.20. The van der Waals surface area contributed by atoms with Gasteiger partial charge in [0.2, 0.25) is 5.91 Å². The van der Waals surface area contributed by atoms with E-state index in [-0.39, 0.29) is 5.91 Å². The van der Waals surface area contributed by atoms with E-state index in [9.17, 15) is 10.1 Å². The summed E-state index contributed by atoms with van der Waals surface area (Å²) >= 11 is 0. The van der Waals surface area contributed by atoms with Crippen molar-refractivity contribution in [1.29, 1.82) is 5.26 Å². The summed E-state index contributed by atoms with van der Waals surface area (Å²) in [6.45, 7) is 6.30. The van der Waals surface area contributed by atoms with Gasteiger partial charge in [0.15, 0.2) is 0 Å². The average Bonchev–Trinajstić information content (AvgIpc) is 2.89. The van der Waals surface area contributed by atoms with E-state index in [2.05, 4.69) is 28.1 Å². The predicted molar refractivity (Wildman–Crippen MR) is 104 cm³/mol. The zero-order chi connectivity index (χ0) is 18.4. The number of rotatable bonds is 4. The summed E-state index contributed by atoms with van der Waals surface area (Å²) < 4.78 is 0. The quantitative estimate of drug-likeness (QED) is 0.903. The number of nitrogens with one attached hydrogen (secondary N) is 1. The number of carbonyl (C=O) groups is 1. The van der Waals surface area contributed by atoms with Gasteiger partial charge in [0.05, 0.1) is 17.8 Å². The van der Waals surface area contributed by atoms with Crippen molar-refractivity contribution in [2.24, 2.45) is 5.92 Å². The normalized spacial score (nSPS) is 24.5. The summed E-state index contributed by atoms with van der Waals surface area (Å²) in [6, 6.07) is 10.4. The van der Waals surface area contributed by atoms with Gasteiger partial charge in [-0.15, -0.1) is 0 Å². The smallest absolute Gasteiger partial charge is 0.234 e. The van der Waals surface area contributed by atoms with Crippen molar-refractivity contribution >= 4 is 11.6 Å². The number of nitriles is 1. The molecule has 1 aliphatic carbocycles. The summed E-state index contributed by atoms with van der Waals surface area (Å²) in [5, 5.41) is 12.6. The van der Waals surface area contributed by atoms with Crippen LogP contribution >= 0.6 is 0 Å². The molecule has 0 spiro atoms.